The van der Waals surface area contributed by atoms with E-state index in [-0.39, 0.29) is 11.5 Å². The van der Waals surface area contributed by atoms with Gasteiger partial charge in [0.2, 0.25) is 5.91 Å². The molecule has 1 fully saturated rings. The highest BCUT2D eigenvalue weighted by atomic mass is 16.5. The van der Waals surface area contributed by atoms with E-state index in [9.17, 15) is 4.79 Å². The number of morpholine rings is 1. The second-order valence-electron chi connectivity index (χ2n) is 3.63. The van der Waals surface area contributed by atoms with Crippen molar-refractivity contribution in [2.24, 2.45) is 0 Å². The molecule has 13 heavy (non-hydrogen) atoms. The molecule has 0 bridgehead atoms. The Bertz CT molecular complexity index is 195. The second kappa shape index (κ2) is 4.07. The first-order valence-electron chi connectivity index (χ1n) is 4.64. The van der Waals surface area contributed by atoms with Crippen molar-refractivity contribution in [1.82, 2.24) is 4.90 Å². The van der Waals surface area contributed by atoms with Crippen molar-refractivity contribution in [2.45, 2.75) is 25.9 Å². The molecule has 4 heteroatoms. The smallest absolute Gasteiger partial charge is 0.248 e. The summed E-state index contributed by atoms with van der Waals surface area (Å²) in [6.07, 6.45) is 0.877. The van der Waals surface area contributed by atoms with E-state index < -0.39 is 6.61 Å². The zero-order valence-electron chi connectivity index (χ0n) is 8.25. The van der Waals surface area contributed by atoms with Gasteiger partial charge in [0.1, 0.15) is 6.61 Å². The Morgan fingerprint density at radius 2 is 2.38 bits per heavy atom. The summed E-state index contributed by atoms with van der Waals surface area (Å²) in [4.78, 5) is 12.9. The van der Waals surface area contributed by atoms with Crippen LogP contribution in [-0.2, 0) is 9.53 Å². The van der Waals surface area contributed by atoms with Crippen LogP contribution >= 0.6 is 0 Å². The maximum atomic E-state index is 11.2. The van der Waals surface area contributed by atoms with Gasteiger partial charge in [-0.15, -0.1) is 0 Å². The summed E-state index contributed by atoms with van der Waals surface area (Å²) in [5.41, 5.74) is -0.233. The first-order chi connectivity index (χ1) is 6.11. The number of nitrogens with zero attached hydrogens (tertiary/aromatic N) is 1. The number of hydrogen-bond donors (Lipinski definition) is 1. The van der Waals surface area contributed by atoms with E-state index >= 15 is 0 Å². The Kier molecular flexibility index (Phi) is 3.27. The highest BCUT2D eigenvalue weighted by Crippen LogP contribution is 2.20. The van der Waals surface area contributed by atoms with Crippen molar-refractivity contribution >= 4 is 5.91 Å². The SMILES string of the molecule is CCC1(C)CN(C(=O)CO)CCO1. The summed E-state index contributed by atoms with van der Waals surface area (Å²) in [7, 11) is 0. The zero-order chi connectivity index (χ0) is 9.90. The molecule has 0 spiro atoms. The Hall–Kier alpha value is -0.610. The molecule has 0 aromatic carbocycles. The summed E-state index contributed by atoms with van der Waals surface area (Å²) >= 11 is 0. The fourth-order valence-electron chi connectivity index (χ4n) is 1.46. The quantitative estimate of drug-likeness (QED) is 0.662. The summed E-state index contributed by atoms with van der Waals surface area (Å²) in [6.45, 7) is 5.37. The molecule has 1 heterocycles. The van der Waals surface area contributed by atoms with Gasteiger partial charge < -0.3 is 14.7 Å². The molecular formula is C9H17NO3. The third-order valence-electron chi connectivity index (χ3n) is 2.57. The number of carbonyl (C=O) groups excluding carboxylic acids is 1. The van der Waals surface area contributed by atoms with E-state index in [1.54, 1.807) is 4.90 Å². The third-order valence-corrected chi connectivity index (χ3v) is 2.57. The molecule has 0 aliphatic carbocycles. The fourth-order valence-corrected chi connectivity index (χ4v) is 1.46. The molecule has 0 aromatic rings. The van der Waals surface area contributed by atoms with Gasteiger partial charge in [-0.25, -0.2) is 0 Å². The van der Waals surface area contributed by atoms with Gasteiger partial charge in [-0.2, -0.15) is 0 Å². The molecule has 0 saturated carbocycles. The molecule has 1 rings (SSSR count). The standard InChI is InChI=1S/C9H17NO3/c1-3-9(2)7-10(4-5-13-9)8(12)6-11/h11H,3-7H2,1-2H3. The summed E-state index contributed by atoms with van der Waals surface area (Å²) in [5, 5.41) is 8.70. The van der Waals surface area contributed by atoms with Crippen molar-refractivity contribution in [3.63, 3.8) is 0 Å². The number of rotatable bonds is 2. The van der Waals surface area contributed by atoms with Gasteiger partial charge in [0.05, 0.1) is 12.2 Å². The minimum atomic E-state index is -0.403. The van der Waals surface area contributed by atoms with Crippen LogP contribution in [0.1, 0.15) is 20.3 Å². The average Bonchev–Trinajstić information content (AvgIpc) is 2.17. The van der Waals surface area contributed by atoms with Crippen LogP contribution < -0.4 is 0 Å². The van der Waals surface area contributed by atoms with Crippen LogP contribution in [0.25, 0.3) is 0 Å². The van der Waals surface area contributed by atoms with Crippen molar-refractivity contribution in [1.29, 1.82) is 0 Å². The Balaban J connectivity index is 2.56. The number of aliphatic hydroxyl groups is 1. The molecule has 0 radical (unpaired) electrons. The molecule has 1 aliphatic heterocycles. The fraction of sp³-hybridized carbons (Fsp3) is 0.889. The molecule has 1 amide bonds. The van der Waals surface area contributed by atoms with Gasteiger partial charge in [-0.3, -0.25) is 4.79 Å². The van der Waals surface area contributed by atoms with E-state index in [1.807, 2.05) is 13.8 Å². The van der Waals surface area contributed by atoms with Crippen LogP contribution in [0.3, 0.4) is 0 Å². The largest absolute Gasteiger partial charge is 0.387 e. The molecule has 76 valence electrons. The summed E-state index contributed by atoms with van der Waals surface area (Å²) < 4.78 is 5.56. The first kappa shape index (κ1) is 10.5. The first-order valence-corrected chi connectivity index (χ1v) is 4.64. The van der Waals surface area contributed by atoms with Gasteiger partial charge in [0, 0.05) is 13.1 Å². The van der Waals surface area contributed by atoms with Gasteiger partial charge in [0.25, 0.3) is 0 Å². The number of amides is 1. The van der Waals surface area contributed by atoms with E-state index in [1.165, 1.54) is 0 Å². The molecule has 4 nitrogen and oxygen atoms in total. The lowest BCUT2D eigenvalue weighted by molar-refractivity contribution is -0.151. The molecule has 1 saturated heterocycles. The van der Waals surface area contributed by atoms with Crippen LogP contribution in [0.15, 0.2) is 0 Å². The molecule has 1 unspecified atom stereocenters. The normalized spacial score (nSPS) is 29.0. The minimum Gasteiger partial charge on any atom is -0.387 e. The van der Waals surface area contributed by atoms with E-state index in [4.69, 9.17) is 9.84 Å². The molecule has 1 aliphatic rings. The van der Waals surface area contributed by atoms with E-state index in [0.29, 0.717) is 19.7 Å². The predicted molar refractivity (Wildman–Crippen MR) is 48.3 cm³/mol. The van der Waals surface area contributed by atoms with Crippen LogP contribution in [0, 0.1) is 0 Å². The van der Waals surface area contributed by atoms with Crippen molar-refractivity contribution in [3.8, 4) is 0 Å². The third kappa shape index (κ3) is 2.42. The lowest BCUT2D eigenvalue weighted by Crippen LogP contribution is -2.52. The highest BCUT2D eigenvalue weighted by molar-refractivity contribution is 5.77. The van der Waals surface area contributed by atoms with Crippen LogP contribution in [0.4, 0.5) is 0 Å². The number of aliphatic hydroxyl groups excluding tert-OH is 1. The molecule has 1 atom stereocenters. The van der Waals surface area contributed by atoms with Crippen molar-refractivity contribution in [2.75, 3.05) is 26.3 Å². The Morgan fingerprint density at radius 3 is 2.92 bits per heavy atom. The van der Waals surface area contributed by atoms with Gasteiger partial charge in [0.15, 0.2) is 0 Å². The highest BCUT2D eigenvalue weighted by Gasteiger charge is 2.31. The van der Waals surface area contributed by atoms with E-state index in [0.717, 1.165) is 6.42 Å². The number of hydrogen-bond acceptors (Lipinski definition) is 3. The molecule has 0 aromatic heterocycles. The maximum absolute atomic E-state index is 11.2. The van der Waals surface area contributed by atoms with Crippen molar-refractivity contribution in [3.05, 3.63) is 0 Å². The Morgan fingerprint density at radius 1 is 1.69 bits per heavy atom. The topological polar surface area (TPSA) is 49.8 Å². The van der Waals surface area contributed by atoms with Crippen molar-refractivity contribution < 1.29 is 14.6 Å². The van der Waals surface area contributed by atoms with Crippen LogP contribution in [-0.4, -0.2) is 47.8 Å². The summed E-state index contributed by atoms with van der Waals surface area (Å²) in [5.74, 6) is -0.206. The number of ether oxygens (including phenoxy) is 1. The lowest BCUT2D eigenvalue weighted by Gasteiger charge is -2.39. The van der Waals surface area contributed by atoms with E-state index in [2.05, 4.69) is 0 Å². The average molecular weight is 187 g/mol. The monoisotopic (exact) mass is 187 g/mol. The number of carbonyl (C=O) groups is 1. The van der Waals surface area contributed by atoms with Gasteiger partial charge >= 0.3 is 0 Å². The predicted octanol–water partition coefficient (Wildman–Crippen LogP) is 0.00620. The zero-order valence-corrected chi connectivity index (χ0v) is 8.25. The maximum Gasteiger partial charge on any atom is 0.248 e. The Labute approximate surface area is 78.5 Å². The molecular weight excluding hydrogens is 170 g/mol. The lowest BCUT2D eigenvalue weighted by atomic mass is 10.0. The minimum absolute atomic E-state index is 0.206. The van der Waals surface area contributed by atoms with Gasteiger partial charge in [-0.05, 0) is 13.3 Å². The van der Waals surface area contributed by atoms with Gasteiger partial charge in [-0.1, -0.05) is 6.92 Å². The van der Waals surface area contributed by atoms with Crippen LogP contribution in [0.5, 0.6) is 0 Å². The second-order valence-corrected chi connectivity index (χ2v) is 3.63. The van der Waals surface area contributed by atoms with Crippen LogP contribution in [0.2, 0.25) is 0 Å². The summed E-state index contributed by atoms with van der Waals surface area (Å²) in [6, 6.07) is 0. The molecule has 1 N–H and O–H groups in total.